The van der Waals surface area contributed by atoms with Gasteiger partial charge in [0, 0.05) is 0 Å². The summed E-state index contributed by atoms with van der Waals surface area (Å²) >= 11 is 0. The van der Waals surface area contributed by atoms with Gasteiger partial charge in [0.05, 0.1) is 23.4 Å². The Labute approximate surface area is 204 Å². The van der Waals surface area contributed by atoms with Crippen molar-refractivity contribution in [2.75, 3.05) is 0 Å². The van der Waals surface area contributed by atoms with E-state index in [0.717, 1.165) is 32.1 Å². The van der Waals surface area contributed by atoms with Crippen molar-refractivity contribution in [2.45, 2.75) is 143 Å². The molecule has 4 atom stereocenters. The molecule has 0 aliphatic carbocycles. The number of rotatable bonds is 13. The summed E-state index contributed by atoms with van der Waals surface area (Å²) in [6.07, 6.45) is 17.6. The predicted molar refractivity (Wildman–Crippen MR) is 140 cm³/mol. The maximum absolute atomic E-state index is 9.96. The molecule has 190 valence electrons. The molecule has 0 aromatic carbocycles. The van der Waals surface area contributed by atoms with E-state index in [-0.39, 0.29) is 5.60 Å². The summed E-state index contributed by atoms with van der Waals surface area (Å²) in [6.45, 7) is 17.1. The summed E-state index contributed by atoms with van der Waals surface area (Å²) in [7, 11) is 0. The Kier molecular flexibility index (Phi) is 10.0. The molecule has 2 saturated heterocycles. The standard InChI is InChI=1S/C30H52O3/c1-22(14-11-15-24(3)17-19-26(31)29(6,7)32)12-9-10-13-23(2)16-18-25-28(4,5)27-20-21-30(25,8)33-27/h12-13,15,25-27,31-32H,9-11,14,16-21H2,1-8H3/b22-12+,23-13+,24-15+/t25-,26?,27-,30+/m0/s1. The normalized spacial score (nSPS) is 29.1. The largest absolute Gasteiger partial charge is 0.390 e. The van der Waals surface area contributed by atoms with Crippen LogP contribution < -0.4 is 0 Å². The summed E-state index contributed by atoms with van der Waals surface area (Å²) in [5, 5.41) is 19.8. The first-order valence-electron chi connectivity index (χ1n) is 13.3. The number of hydrogen-bond donors (Lipinski definition) is 2. The maximum atomic E-state index is 9.96. The van der Waals surface area contributed by atoms with E-state index in [0.29, 0.717) is 23.9 Å². The zero-order valence-corrected chi connectivity index (χ0v) is 22.8. The van der Waals surface area contributed by atoms with E-state index in [9.17, 15) is 10.2 Å². The Morgan fingerprint density at radius 2 is 1.48 bits per heavy atom. The first-order valence-corrected chi connectivity index (χ1v) is 13.3. The lowest BCUT2D eigenvalue weighted by Crippen LogP contribution is -2.40. The molecule has 0 aromatic rings. The lowest BCUT2D eigenvalue weighted by molar-refractivity contribution is -0.0509. The van der Waals surface area contributed by atoms with Gasteiger partial charge in [-0.05, 0) is 117 Å². The Morgan fingerprint density at radius 1 is 0.939 bits per heavy atom. The molecule has 0 radical (unpaired) electrons. The molecular formula is C30H52O3. The smallest absolute Gasteiger partial charge is 0.0849 e. The molecule has 2 fully saturated rings. The molecule has 2 aliphatic heterocycles. The van der Waals surface area contributed by atoms with Crippen molar-refractivity contribution in [1.82, 2.24) is 0 Å². The van der Waals surface area contributed by atoms with Crippen LogP contribution in [0.4, 0.5) is 0 Å². The summed E-state index contributed by atoms with van der Waals surface area (Å²) in [6, 6.07) is 0. The summed E-state index contributed by atoms with van der Waals surface area (Å²) in [5.74, 6) is 0.671. The minimum absolute atomic E-state index is 0.107. The fraction of sp³-hybridized carbons (Fsp3) is 0.800. The Morgan fingerprint density at radius 3 is 2.03 bits per heavy atom. The van der Waals surface area contributed by atoms with Crippen molar-refractivity contribution in [1.29, 1.82) is 0 Å². The van der Waals surface area contributed by atoms with Gasteiger partial charge in [-0.25, -0.2) is 0 Å². The Hall–Kier alpha value is -0.900. The van der Waals surface area contributed by atoms with E-state index in [4.69, 9.17) is 4.74 Å². The summed E-state index contributed by atoms with van der Waals surface area (Å²) in [4.78, 5) is 0. The predicted octanol–water partition coefficient (Wildman–Crippen LogP) is 7.67. The van der Waals surface area contributed by atoms with E-state index in [2.05, 4.69) is 59.8 Å². The number of allylic oxidation sites excluding steroid dienone is 6. The third-order valence-electron chi connectivity index (χ3n) is 8.42. The Bertz CT molecular complexity index is 717. The maximum Gasteiger partial charge on any atom is 0.0849 e. The highest BCUT2D eigenvalue weighted by atomic mass is 16.5. The number of fused-ring (bicyclic) bond motifs is 2. The van der Waals surface area contributed by atoms with Crippen LogP contribution >= 0.6 is 0 Å². The van der Waals surface area contributed by atoms with Crippen LogP contribution in [0.1, 0.15) is 120 Å². The molecule has 2 N–H and O–H groups in total. The molecular weight excluding hydrogens is 408 g/mol. The summed E-state index contributed by atoms with van der Waals surface area (Å²) in [5.41, 5.74) is 3.67. The zero-order valence-electron chi connectivity index (χ0n) is 22.8. The van der Waals surface area contributed by atoms with E-state index >= 15 is 0 Å². The van der Waals surface area contributed by atoms with Gasteiger partial charge in [-0.2, -0.15) is 0 Å². The van der Waals surface area contributed by atoms with Crippen molar-refractivity contribution in [2.24, 2.45) is 11.3 Å². The first-order chi connectivity index (χ1) is 15.3. The zero-order chi connectivity index (χ0) is 24.9. The minimum Gasteiger partial charge on any atom is -0.390 e. The van der Waals surface area contributed by atoms with Crippen LogP contribution in [-0.4, -0.2) is 33.6 Å². The molecule has 0 spiro atoms. The third-order valence-corrected chi connectivity index (χ3v) is 8.42. The molecule has 2 bridgehead atoms. The van der Waals surface area contributed by atoms with Crippen LogP contribution in [0.5, 0.6) is 0 Å². The molecule has 33 heavy (non-hydrogen) atoms. The fourth-order valence-electron chi connectivity index (χ4n) is 5.93. The van der Waals surface area contributed by atoms with Crippen molar-refractivity contribution < 1.29 is 14.9 Å². The average Bonchev–Trinajstić information content (AvgIpc) is 3.19. The topological polar surface area (TPSA) is 49.7 Å². The van der Waals surface area contributed by atoms with Gasteiger partial charge in [-0.3, -0.25) is 0 Å². The SMILES string of the molecule is C/C(=C\CC/C=C(\C)CC[C@H]1C(C)(C)[C@@H]2CC[C@@]1(C)O2)CC/C=C(\C)CCC(O)C(C)(C)O. The number of ether oxygens (including phenoxy) is 1. The quantitative estimate of drug-likeness (QED) is 0.219. The van der Waals surface area contributed by atoms with E-state index in [1.54, 1.807) is 13.8 Å². The molecule has 2 rings (SSSR count). The van der Waals surface area contributed by atoms with Gasteiger partial charge in [0.1, 0.15) is 0 Å². The van der Waals surface area contributed by atoms with Crippen molar-refractivity contribution in [3.63, 3.8) is 0 Å². The van der Waals surface area contributed by atoms with Crippen molar-refractivity contribution >= 4 is 0 Å². The first kappa shape index (κ1) is 28.3. The van der Waals surface area contributed by atoms with Gasteiger partial charge in [-0.1, -0.05) is 48.8 Å². The highest BCUT2D eigenvalue weighted by Gasteiger charge is 2.60. The van der Waals surface area contributed by atoms with Gasteiger partial charge >= 0.3 is 0 Å². The molecule has 1 unspecified atom stereocenters. The number of hydrogen-bond acceptors (Lipinski definition) is 3. The number of aliphatic hydroxyl groups excluding tert-OH is 1. The van der Waals surface area contributed by atoms with Crippen molar-refractivity contribution in [3.8, 4) is 0 Å². The van der Waals surface area contributed by atoms with Gasteiger partial charge in [-0.15, -0.1) is 0 Å². The van der Waals surface area contributed by atoms with Crippen LogP contribution in [0.25, 0.3) is 0 Å². The van der Waals surface area contributed by atoms with Crippen LogP contribution in [0.2, 0.25) is 0 Å². The van der Waals surface area contributed by atoms with Gasteiger partial charge < -0.3 is 14.9 Å². The summed E-state index contributed by atoms with van der Waals surface area (Å²) < 4.78 is 6.38. The van der Waals surface area contributed by atoms with Crippen LogP contribution in [0.3, 0.4) is 0 Å². The molecule has 0 amide bonds. The monoisotopic (exact) mass is 460 g/mol. The van der Waals surface area contributed by atoms with Crippen molar-refractivity contribution in [3.05, 3.63) is 34.9 Å². The highest BCUT2D eigenvalue weighted by molar-refractivity contribution is 5.11. The van der Waals surface area contributed by atoms with E-state index < -0.39 is 11.7 Å². The minimum atomic E-state index is -1.02. The molecule has 3 nitrogen and oxygen atoms in total. The number of aliphatic hydroxyl groups is 2. The van der Waals surface area contributed by atoms with Gasteiger partial charge in [0.2, 0.25) is 0 Å². The molecule has 3 heteroatoms. The van der Waals surface area contributed by atoms with Crippen LogP contribution in [0.15, 0.2) is 34.9 Å². The van der Waals surface area contributed by atoms with Crippen LogP contribution in [-0.2, 0) is 4.74 Å². The average molecular weight is 461 g/mol. The second-order valence-corrected chi connectivity index (χ2v) is 12.3. The van der Waals surface area contributed by atoms with Gasteiger partial charge in [0.25, 0.3) is 0 Å². The second-order valence-electron chi connectivity index (χ2n) is 12.3. The molecule has 2 aliphatic rings. The lowest BCUT2D eigenvalue weighted by Gasteiger charge is -2.39. The second kappa shape index (κ2) is 11.7. The highest BCUT2D eigenvalue weighted by Crippen LogP contribution is 2.59. The number of unbranched alkanes of at least 4 members (excludes halogenated alkanes) is 1. The molecule has 2 heterocycles. The third kappa shape index (κ3) is 8.08. The van der Waals surface area contributed by atoms with Gasteiger partial charge in [0.15, 0.2) is 0 Å². The van der Waals surface area contributed by atoms with Crippen LogP contribution in [0, 0.1) is 11.3 Å². The Balaban J connectivity index is 1.65. The molecule has 0 saturated carbocycles. The van der Waals surface area contributed by atoms with E-state index in [1.807, 2.05) is 0 Å². The fourth-order valence-corrected chi connectivity index (χ4v) is 5.93. The lowest BCUT2D eigenvalue weighted by atomic mass is 9.62. The van der Waals surface area contributed by atoms with E-state index in [1.165, 1.54) is 42.4 Å². The molecule has 0 aromatic heterocycles.